The summed E-state index contributed by atoms with van der Waals surface area (Å²) >= 11 is 3.62. The molecule has 1 aliphatic heterocycles. The van der Waals surface area contributed by atoms with Crippen molar-refractivity contribution in [3.05, 3.63) is 15.9 Å². The monoisotopic (exact) mass is 377 g/mol. The summed E-state index contributed by atoms with van der Waals surface area (Å²) in [5, 5.41) is 7.85. The first-order valence-electron chi connectivity index (χ1n) is 7.45. The molecule has 1 aromatic rings. The van der Waals surface area contributed by atoms with E-state index in [1.807, 2.05) is 18.7 Å². The second-order valence-corrected chi connectivity index (χ2v) is 8.88. The molecule has 0 radical (unpaired) electrons. The van der Waals surface area contributed by atoms with E-state index >= 15 is 0 Å². The summed E-state index contributed by atoms with van der Waals surface area (Å²) in [6, 6.07) is 0.279. The second-order valence-electron chi connectivity index (χ2n) is 5.86. The van der Waals surface area contributed by atoms with Gasteiger partial charge < -0.3 is 5.32 Å². The van der Waals surface area contributed by atoms with Gasteiger partial charge in [0.05, 0.1) is 27.4 Å². The highest BCUT2D eigenvalue weighted by Gasteiger charge is 2.30. The predicted octanol–water partition coefficient (Wildman–Crippen LogP) is 1.93. The molecule has 0 bridgehead atoms. The predicted molar refractivity (Wildman–Crippen MR) is 88.3 cm³/mol. The number of halogens is 1. The molecule has 1 aromatic heterocycles. The molecule has 5 nitrogen and oxygen atoms in total. The van der Waals surface area contributed by atoms with Gasteiger partial charge in [0.1, 0.15) is 0 Å². The highest BCUT2D eigenvalue weighted by molar-refractivity contribution is 9.10. The maximum atomic E-state index is 11.6. The molecule has 0 spiro atoms. The van der Waals surface area contributed by atoms with Crippen molar-refractivity contribution in [1.29, 1.82) is 0 Å². The van der Waals surface area contributed by atoms with Crippen molar-refractivity contribution < 1.29 is 8.42 Å². The average Bonchev–Trinajstić information content (AvgIpc) is 2.91. The van der Waals surface area contributed by atoms with Gasteiger partial charge in [0.25, 0.3) is 0 Å². The Morgan fingerprint density at radius 1 is 1.52 bits per heavy atom. The minimum absolute atomic E-state index is 0.279. The van der Waals surface area contributed by atoms with Crippen LogP contribution < -0.4 is 5.32 Å². The molecule has 1 saturated heterocycles. The number of likely N-dealkylation sites (N-methyl/N-ethyl adjacent to an activating group) is 1. The highest BCUT2D eigenvalue weighted by atomic mass is 79.9. The van der Waals surface area contributed by atoms with Crippen LogP contribution in [0.1, 0.15) is 31.2 Å². The normalized spacial score (nSPS) is 22.6. The Labute approximate surface area is 135 Å². The summed E-state index contributed by atoms with van der Waals surface area (Å²) in [7, 11) is -0.848. The van der Waals surface area contributed by atoms with Gasteiger partial charge in [-0.05, 0) is 55.6 Å². The fraction of sp³-hybridized carbons (Fsp3) is 0.786. The van der Waals surface area contributed by atoms with Crippen LogP contribution in [0.5, 0.6) is 0 Å². The quantitative estimate of drug-likeness (QED) is 0.822. The number of hydrogen-bond acceptors (Lipinski definition) is 4. The van der Waals surface area contributed by atoms with Crippen LogP contribution in [0.25, 0.3) is 0 Å². The smallest absolute Gasteiger partial charge is 0.150 e. The molecule has 7 heteroatoms. The van der Waals surface area contributed by atoms with Crippen LogP contribution in [0.15, 0.2) is 4.47 Å². The van der Waals surface area contributed by atoms with E-state index in [0.29, 0.717) is 11.5 Å². The molecule has 0 amide bonds. The third kappa shape index (κ3) is 4.07. The number of aromatic nitrogens is 2. The molecule has 120 valence electrons. The molecule has 1 aliphatic rings. The Morgan fingerprint density at radius 3 is 2.76 bits per heavy atom. The van der Waals surface area contributed by atoms with Crippen molar-refractivity contribution in [3.63, 3.8) is 0 Å². The van der Waals surface area contributed by atoms with Crippen LogP contribution in [0.3, 0.4) is 0 Å². The average molecular weight is 378 g/mol. The number of nitrogens with zero attached hydrogens (tertiary/aromatic N) is 2. The molecule has 21 heavy (non-hydrogen) atoms. The molecule has 2 atom stereocenters. The van der Waals surface area contributed by atoms with Crippen molar-refractivity contribution in [2.45, 2.75) is 45.7 Å². The topological polar surface area (TPSA) is 64.0 Å². The first-order chi connectivity index (χ1) is 9.86. The van der Waals surface area contributed by atoms with E-state index in [0.717, 1.165) is 36.0 Å². The van der Waals surface area contributed by atoms with E-state index in [-0.39, 0.29) is 12.0 Å². The molecule has 2 unspecified atom stereocenters. The van der Waals surface area contributed by atoms with Crippen LogP contribution in [-0.2, 0) is 22.8 Å². The van der Waals surface area contributed by atoms with Gasteiger partial charge in [0.2, 0.25) is 0 Å². The molecule has 1 N–H and O–H groups in total. The van der Waals surface area contributed by atoms with Crippen molar-refractivity contribution in [2.24, 2.45) is 5.92 Å². The summed E-state index contributed by atoms with van der Waals surface area (Å²) in [5.41, 5.74) is 2.19. The van der Waals surface area contributed by atoms with Crippen molar-refractivity contribution in [2.75, 3.05) is 18.6 Å². The Morgan fingerprint density at radius 2 is 2.24 bits per heavy atom. The summed E-state index contributed by atoms with van der Waals surface area (Å²) in [4.78, 5) is 0. The molecule has 2 heterocycles. The summed E-state index contributed by atoms with van der Waals surface area (Å²) < 4.78 is 26.3. The number of hydrogen-bond donors (Lipinski definition) is 1. The number of sulfone groups is 1. The Bertz CT molecular complexity index is 598. The van der Waals surface area contributed by atoms with Crippen molar-refractivity contribution >= 4 is 25.8 Å². The summed E-state index contributed by atoms with van der Waals surface area (Å²) in [5.74, 6) is 0.979. The number of nitrogens with one attached hydrogen (secondary N) is 1. The Kier molecular flexibility index (Phi) is 5.48. The fourth-order valence-corrected chi connectivity index (χ4v) is 5.39. The molecule has 1 fully saturated rings. The molecule has 0 aromatic carbocycles. The lowest BCUT2D eigenvalue weighted by molar-refractivity contribution is 0.414. The van der Waals surface area contributed by atoms with Gasteiger partial charge in [-0.15, -0.1) is 0 Å². The van der Waals surface area contributed by atoms with Crippen LogP contribution in [0.4, 0.5) is 0 Å². The lowest BCUT2D eigenvalue weighted by atomic mass is 9.96. The van der Waals surface area contributed by atoms with Crippen molar-refractivity contribution in [1.82, 2.24) is 15.1 Å². The maximum absolute atomic E-state index is 11.6. The maximum Gasteiger partial charge on any atom is 0.150 e. The molecular weight excluding hydrogens is 354 g/mol. The SMILES string of the molecule is CCn1nc(C)c(Br)c1CC(CC1CCS(=O)(=O)C1)NC. The minimum atomic E-state index is -2.79. The summed E-state index contributed by atoms with van der Waals surface area (Å²) in [6.45, 7) is 4.92. The van der Waals surface area contributed by atoms with Crippen LogP contribution >= 0.6 is 15.9 Å². The van der Waals surface area contributed by atoms with E-state index in [1.165, 1.54) is 5.69 Å². The van der Waals surface area contributed by atoms with Gasteiger partial charge in [-0.3, -0.25) is 4.68 Å². The van der Waals surface area contributed by atoms with Gasteiger partial charge in [0.15, 0.2) is 9.84 Å². The first kappa shape index (κ1) is 17.0. The Balaban J connectivity index is 2.06. The van der Waals surface area contributed by atoms with Gasteiger partial charge in [-0.2, -0.15) is 5.10 Å². The van der Waals surface area contributed by atoms with E-state index in [2.05, 4.69) is 33.3 Å². The van der Waals surface area contributed by atoms with Crippen LogP contribution in [0, 0.1) is 12.8 Å². The van der Waals surface area contributed by atoms with Gasteiger partial charge in [-0.25, -0.2) is 8.42 Å². The van der Waals surface area contributed by atoms with E-state index in [4.69, 9.17) is 0 Å². The minimum Gasteiger partial charge on any atom is -0.317 e. The van der Waals surface area contributed by atoms with E-state index < -0.39 is 9.84 Å². The van der Waals surface area contributed by atoms with Gasteiger partial charge in [-0.1, -0.05) is 0 Å². The standard InChI is InChI=1S/C14H24BrN3O2S/c1-4-18-13(14(15)10(2)17-18)8-12(16-3)7-11-5-6-21(19,20)9-11/h11-12,16H,4-9H2,1-3H3. The van der Waals surface area contributed by atoms with E-state index in [9.17, 15) is 8.42 Å². The van der Waals surface area contributed by atoms with E-state index in [1.54, 1.807) is 0 Å². The lowest BCUT2D eigenvalue weighted by Crippen LogP contribution is -2.31. The highest BCUT2D eigenvalue weighted by Crippen LogP contribution is 2.27. The third-order valence-corrected chi connectivity index (χ3v) is 7.11. The zero-order chi connectivity index (χ0) is 15.6. The lowest BCUT2D eigenvalue weighted by Gasteiger charge is -2.20. The van der Waals surface area contributed by atoms with Crippen molar-refractivity contribution in [3.8, 4) is 0 Å². The number of rotatable bonds is 6. The second kappa shape index (κ2) is 6.79. The summed E-state index contributed by atoms with van der Waals surface area (Å²) in [6.07, 6.45) is 2.56. The molecule has 0 aliphatic carbocycles. The van der Waals surface area contributed by atoms with Gasteiger partial charge in [0, 0.05) is 19.0 Å². The largest absolute Gasteiger partial charge is 0.317 e. The Hall–Kier alpha value is -0.400. The first-order valence-corrected chi connectivity index (χ1v) is 10.1. The zero-order valence-electron chi connectivity index (χ0n) is 12.9. The fourth-order valence-electron chi connectivity index (χ4n) is 3.06. The third-order valence-electron chi connectivity index (χ3n) is 4.25. The molecule has 2 rings (SSSR count). The zero-order valence-corrected chi connectivity index (χ0v) is 15.3. The molecule has 0 saturated carbocycles. The number of aryl methyl sites for hydroxylation is 2. The molecular formula is C14H24BrN3O2S. The van der Waals surface area contributed by atoms with Crippen LogP contribution in [0.2, 0.25) is 0 Å². The van der Waals surface area contributed by atoms with Gasteiger partial charge >= 0.3 is 0 Å². The van der Waals surface area contributed by atoms with Crippen LogP contribution in [-0.4, -0.2) is 42.8 Å².